The number of carbonyl (C=O) groups is 1. The maximum Gasteiger partial charge on any atom is 0.269 e. The number of pyridine rings is 1. The molecule has 0 aromatic carbocycles. The molecule has 1 aliphatic rings. The first-order valence-electron chi connectivity index (χ1n) is 6.96. The highest BCUT2D eigenvalue weighted by Gasteiger charge is 2.34. The number of hydrogen-bond donors (Lipinski definition) is 2. The molecule has 0 unspecified atom stereocenters. The van der Waals surface area contributed by atoms with Gasteiger partial charge in [0.2, 0.25) is 0 Å². The molecule has 1 saturated carbocycles. The molecule has 1 aromatic rings. The van der Waals surface area contributed by atoms with Gasteiger partial charge in [-0.2, -0.15) is 0 Å². The zero-order chi connectivity index (χ0) is 13.9. The molecular weight excluding hydrogens is 238 g/mol. The topological polar surface area (TPSA) is 68.0 Å². The summed E-state index contributed by atoms with van der Waals surface area (Å²) in [7, 11) is 0. The molecule has 104 valence electrons. The highest BCUT2D eigenvalue weighted by atomic mass is 16.1. The number of nitrogens with one attached hydrogen (secondary N) is 1. The molecule has 1 aliphatic carbocycles. The van der Waals surface area contributed by atoms with Crippen molar-refractivity contribution in [3.8, 4) is 0 Å². The number of hydrogen-bond acceptors (Lipinski definition) is 3. The molecule has 0 atom stereocenters. The van der Waals surface area contributed by atoms with Crippen LogP contribution in [0.4, 0.5) is 0 Å². The molecule has 0 saturated heterocycles. The number of carbonyl (C=O) groups excluding carboxylic acids is 1. The Kier molecular flexibility index (Phi) is 4.20. The molecule has 1 heterocycles. The van der Waals surface area contributed by atoms with Gasteiger partial charge in [-0.05, 0) is 35.8 Å². The van der Waals surface area contributed by atoms with E-state index in [4.69, 9.17) is 5.73 Å². The van der Waals surface area contributed by atoms with Crippen LogP contribution in [0.1, 0.15) is 49.2 Å². The van der Waals surface area contributed by atoms with E-state index in [1.54, 1.807) is 12.3 Å². The van der Waals surface area contributed by atoms with Gasteiger partial charge in [0, 0.05) is 19.3 Å². The predicted molar refractivity (Wildman–Crippen MR) is 75.6 cm³/mol. The van der Waals surface area contributed by atoms with Crippen LogP contribution in [0.2, 0.25) is 0 Å². The van der Waals surface area contributed by atoms with Crippen LogP contribution in [0, 0.1) is 11.3 Å². The van der Waals surface area contributed by atoms with Crippen LogP contribution in [0.3, 0.4) is 0 Å². The Hall–Kier alpha value is -1.42. The van der Waals surface area contributed by atoms with Crippen LogP contribution in [0.5, 0.6) is 0 Å². The summed E-state index contributed by atoms with van der Waals surface area (Å²) in [6, 6.07) is 3.58. The van der Waals surface area contributed by atoms with E-state index in [1.165, 1.54) is 19.3 Å². The van der Waals surface area contributed by atoms with Gasteiger partial charge in [0.1, 0.15) is 5.69 Å². The molecule has 2 rings (SSSR count). The minimum absolute atomic E-state index is 0.101. The van der Waals surface area contributed by atoms with Crippen molar-refractivity contribution in [1.29, 1.82) is 0 Å². The third-order valence-corrected chi connectivity index (χ3v) is 4.21. The van der Waals surface area contributed by atoms with Gasteiger partial charge < -0.3 is 11.1 Å². The highest BCUT2D eigenvalue weighted by molar-refractivity contribution is 5.92. The zero-order valence-corrected chi connectivity index (χ0v) is 11.8. The normalized spacial score (nSPS) is 15.9. The largest absolute Gasteiger partial charge is 0.350 e. The third-order valence-electron chi connectivity index (χ3n) is 4.21. The molecule has 1 amide bonds. The highest BCUT2D eigenvalue weighted by Crippen LogP contribution is 2.41. The maximum atomic E-state index is 12.0. The molecule has 4 nitrogen and oxygen atoms in total. The SMILES string of the molecule is CC(C)(CNC(=O)c1ccc(CN)cn1)C1CCC1. The number of nitrogens with two attached hydrogens (primary N) is 1. The van der Waals surface area contributed by atoms with Crippen LogP contribution in [-0.4, -0.2) is 17.4 Å². The van der Waals surface area contributed by atoms with Crippen LogP contribution in [0.15, 0.2) is 18.3 Å². The predicted octanol–water partition coefficient (Wildman–Crippen LogP) is 2.10. The number of amides is 1. The van der Waals surface area contributed by atoms with E-state index in [2.05, 4.69) is 24.1 Å². The summed E-state index contributed by atoms with van der Waals surface area (Å²) in [6.07, 6.45) is 5.55. The average molecular weight is 261 g/mol. The molecule has 0 bridgehead atoms. The first-order valence-corrected chi connectivity index (χ1v) is 6.96. The fourth-order valence-corrected chi connectivity index (χ4v) is 2.41. The average Bonchev–Trinajstić information content (AvgIpc) is 2.33. The van der Waals surface area contributed by atoms with Gasteiger partial charge in [-0.1, -0.05) is 26.3 Å². The van der Waals surface area contributed by atoms with Crippen molar-refractivity contribution in [3.63, 3.8) is 0 Å². The van der Waals surface area contributed by atoms with Gasteiger partial charge in [-0.25, -0.2) is 0 Å². The van der Waals surface area contributed by atoms with Crippen molar-refractivity contribution in [1.82, 2.24) is 10.3 Å². The Labute approximate surface area is 114 Å². The number of aromatic nitrogens is 1. The zero-order valence-electron chi connectivity index (χ0n) is 11.8. The minimum atomic E-state index is -0.101. The van der Waals surface area contributed by atoms with Crippen molar-refractivity contribution in [2.75, 3.05) is 6.54 Å². The first-order chi connectivity index (χ1) is 9.03. The van der Waals surface area contributed by atoms with E-state index in [1.807, 2.05) is 6.07 Å². The summed E-state index contributed by atoms with van der Waals surface area (Å²) in [5.41, 5.74) is 7.07. The third kappa shape index (κ3) is 3.32. The molecule has 0 aliphatic heterocycles. The first kappa shape index (κ1) is 14.0. The second-order valence-corrected chi connectivity index (χ2v) is 6.05. The fourth-order valence-electron chi connectivity index (χ4n) is 2.41. The Morgan fingerprint density at radius 2 is 2.21 bits per heavy atom. The smallest absolute Gasteiger partial charge is 0.269 e. The van der Waals surface area contributed by atoms with E-state index in [-0.39, 0.29) is 11.3 Å². The quantitative estimate of drug-likeness (QED) is 0.853. The molecule has 0 spiro atoms. The lowest BCUT2D eigenvalue weighted by molar-refractivity contribution is 0.0854. The van der Waals surface area contributed by atoms with Crippen molar-refractivity contribution in [2.24, 2.45) is 17.1 Å². The Morgan fingerprint density at radius 1 is 1.47 bits per heavy atom. The molecule has 3 N–H and O–H groups in total. The van der Waals surface area contributed by atoms with Crippen molar-refractivity contribution in [3.05, 3.63) is 29.6 Å². The van der Waals surface area contributed by atoms with Crippen molar-refractivity contribution < 1.29 is 4.79 Å². The van der Waals surface area contributed by atoms with Gasteiger partial charge in [-0.3, -0.25) is 9.78 Å². The number of rotatable bonds is 5. The minimum Gasteiger partial charge on any atom is -0.350 e. The van der Waals surface area contributed by atoms with Crippen LogP contribution >= 0.6 is 0 Å². The molecular formula is C15H23N3O. The van der Waals surface area contributed by atoms with E-state index < -0.39 is 0 Å². The fraction of sp³-hybridized carbons (Fsp3) is 0.600. The summed E-state index contributed by atoms with van der Waals surface area (Å²) in [4.78, 5) is 16.2. The van der Waals surface area contributed by atoms with Crippen molar-refractivity contribution in [2.45, 2.75) is 39.7 Å². The molecule has 1 fully saturated rings. The second kappa shape index (κ2) is 5.70. The van der Waals surface area contributed by atoms with Gasteiger partial charge >= 0.3 is 0 Å². The monoisotopic (exact) mass is 261 g/mol. The molecule has 19 heavy (non-hydrogen) atoms. The summed E-state index contributed by atoms with van der Waals surface area (Å²) >= 11 is 0. The maximum absolute atomic E-state index is 12.0. The van der Waals surface area contributed by atoms with Crippen molar-refractivity contribution >= 4 is 5.91 Å². The van der Waals surface area contributed by atoms with E-state index in [0.717, 1.165) is 11.5 Å². The van der Waals surface area contributed by atoms with Crippen LogP contribution in [-0.2, 0) is 6.54 Å². The Bertz CT molecular complexity index is 435. The summed E-state index contributed by atoms with van der Waals surface area (Å²) in [5, 5.41) is 2.99. The Morgan fingerprint density at radius 3 is 2.68 bits per heavy atom. The Balaban J connectivity index is 1.89. The lowest BCUT2D eigenvalue weighted by Gasteiger charge is -2.40. The number of nitrogens with zero attached hydrogens (tertiary/aromatic N) is 1. The lowest BCUT2D eigenvalue weighted by atomic mass is 9.67. The lowest BCUT2D eigenvalue weighted by Crippen LogP contribution is -2.41. The van der Waals surface area contributed by atoms with Gasteiger partial charge in [0.05, 0.1) is 0 Å². The van der Waals surface area contributed by atoms with Gasteiger partial charge in [-0.15, -0.1) is 0 Å². The molecule has 0 radical (unpaired) electrons. The van der Waals surface area contributed by atoms with E-state index >= 15 is 0 Å². The van der Waals surface area contributed by atoms with Crippen LogP contribution < -0.4 is 11.1 Å². The van der Waals surface area contributed by atoms with Crippen LogP contribution in [0.25, 0.3) is 0 Å². The second-order valence-electron chi connectivity index (χ2n) is 6.05. The summed E-state index contributed by atoms with van der Waals surface area (Å²) < 4.78 is 0. The van der Waals surface area contributed by atoms with E-state index in [0.29, 0.717) is 18.8 Å². The molecule has 4 heteroatoms. The summed E-state index contributed by atoms with van der Waals surface area (Å²) in [5.74, 6) is 0.636. The van der Waals surface area contributed by atoms with E-state index in [9.17, 15) is 4.79 Å². The van der Waals surface area contributed by atoms with Gasteiger partial charge in [0.25, 0.3) is 5.91 Å². The molecule has 1 aromatic heterocycles. The van der Waals surface area contributed by atoms with Gasteiger partial charge in [0.15, 0.2) is 0 Å². The standard InChI is InChI=1S/C15H23N3O/c1-15(2,12-4-3-5-12)10-18-14(19)13-7-6-11(8-16)9-17-13/h6-7,9,12H,3-5,8,10,16H2,1-2H3,(H,18,19). The summed E-state index contributed by atoms with van der Waals surface area (Å²) in [6.45, 7) is 5.60.